The number of hydrogen-bond donors (Lipinski definition) is 1. The average molecular weight is 448 g/mol. The van der Waals surface area contributed by atoms with Crippen LogP contribution in [0.25, 0.3) is 21.9 Å². The van der Waals surface area contributed by atoms with E-state index in [-0.39, 0.29) is 12.3 Å². The summed E-state index contributed by atoms with van der Waals surface area (Å²) in [5, 5.41) is 4.84. The molecular weight excluding hydrogens is 418 g/mol. The molecule has 0 bridgehead atoms. The third kappa shape index (κ3) is 4.25. The summed E-state index contributed by atoms with van der Waals surface area (Å²) in [7, 11) is 1.64. The SMILES string of the molecule is COc1ccccc1CCNC(=O)CCc1c(C)c2cc3c(C)c(C)oc3c(C)c2oc1=O. The topological polar surface area (TPSA) is 81.7 Å². The van der Waals surface area contributed by atoms with Crippen molar-refractivity contribution in [1.82, 2.24) is 5.32 Å². The maximum absolute atomic E-state index is 12.8. The first-order chi connectivity index (χ1) is 15.8. The van der Waals surface area contributed by atoms with Crippen molar-refractivity contribution in [2.24, 2.45) is 0 Å². The van der Waals surface area contributed by atoms with Gasteiger partial charge in [0.25, 0.3) is 0 Å². The molecule has 0 aliphatic carbocycles. The Bertz CT molecular complexity index is 1410. The third-order valence-corrected chi connectivity index (χ3v) is 6.46. The second-order valence-corrected chi connectivity index (χ2v) is 8.44. The van der Waals surface area contributed by atoms with Crippen molar-refractivity contribution in [3.63, 3.8) is 0 Å². The zero-order valence-corrected chi connectivity index (χ0v) is 19.8. The monoisotopic (exact) mass is 447 g/mol. The number of para-hydroxylation sites is 1. The average Bonchev–Trinajstić information content (AvgIpc) is 3.09. The molecule has 6 nitrogen and oxygen atoms in total. The van der Waals surface area contributed by atoms with E-state index in [1.54, 1.807) is 7.11 Å². The van der Waals surface area contributed by atoms with Crippen molar-refractivity contribution in [1.29, 1.82) is 0 Å². The van der Waals surface area contributed by atoms with Crippen LogP contribution in [0.15, 0.2) is 44.0 Å². The number of carbonyl (C=O) groups excluding carboxylic acids is 1. The molecule has 1 N–H and O–H groups in total. The standard InChI is InChI=1S/C27H29NO5/c1-15-18(4)32-25-17(3)26-22(14-21(15)25)16(2)20(27(30)33-26)10-11-24(29)28-13-12-19-8-6-7-9-23(19)31-5/h6-9,14H,10-13H2,1-5H3,(H,28,29). The molecule has 33 heavy (non-hydrogen) atoms. The number of amides is 1. The van der Waals surface area contributed by atoms with Crippen LogP contribution < -0.4 is 15.7 Å². The molecule has 0 unspecified atom stereocenters. The Morgan fingerprint density at radius 3 is 2.39 bits per heavy atom. The molecule has 0 aliphatic heterocycles. The highest BCUT2D eigenvalue weighted by atomic mass is 16.5. The number of furan rings is 1. The molecule has 0 fully saturated rings. The Morgan fingerprint density at radius 2 is 1.64 bits per heavy atom. The lowest BCUT2D eigenvalue weighted by Gasteiger charge is -2.11. The van der Waals surface area contributed by atoms with Crippen LogP contribution in [0.3, 0.4) is 0 Å². The molecule has 2 aromatic heterocycles. The van der Waals surface area contributed by atoms with Crippen LogP contribution in [0.1, 0.15) is 40.0 Å². The zero-order valence-electron chi connectivity index (χ0n) is 19.8. The first-order valence-corrected chi connectivity index (χ1v) is 11.2. The number of benzene rings is 2. The fraction of sp³-hybridized carbons (Fsp3) is 0.333. The summed E-state index contributed by atoms with van der Waals surface area (Å²) >= 11 is 0. The minimum Gasteiger partial charge on any atom is -0.496 e. The molecule has 0 atom stereocenters. The van der Waals surface area contributed by atoms with E-state index in [4.69, 9.17) is 13.6 Å². The van der Waals surface area contributed by atoms with E-state index >= 15 is 0 Å². The molecule has 0 spiro atoms. The molecule has 4 rings (SSSR count). The van der Waals surface area contributed by atoms with Gasteiger partial charge >= 0.3 is 5.63 Å². The molecule has 2 aromatic carbocycles. The maximum Gasteiger partial charge on any atom is 0.339 e. The van der Waals surface area contributed by atoms with Crippen LogP contribution >= 0.6 is 0 Å². The number of methoxy groups -OCH3 is 1. The van der Waals surface area contributed by atoms with E-state index in [0.717, 1.165) is 50.1 Å². The van der Waals surface area contributed by atoms with Crippen LogP contribution in [0.5, 0.6) is 5.75 Å². The van der Waals surface area contributed by atoms with E-state index in [0.29, 0.717) is 30.5 Å². The number of carbonyl (C=O) groups is 1. The van der Waals surface area contributed by atoms with Gasteiger partial charge in [-0.25, -0.2) is 4.79 Å². The van der Waals surface area contributed by atoms with Gasteiger partial charge in [-0.2, -0.15) is 0 Å². The summed E-state index contributed by atoms with van der Waals surface area (Å²) in [6, 6.07) is 9.78. The van der Waals surface area contributed by atoms with Gasteiger partial charge in [-0.05, 0) is 69.4 Å². The van der Waals surface area contributed by atoms with E-state index in [9.17, 15) is 9.59 Å². The Balaban J connectivity index is 1.50. The van der Waals surface area contributed by atoms with Crippen molar-refractivity contribution < 1.29 is 18.4 Å². The van der Waals surface area contributed by atoms with Gasteiger partial charge in [-0.1, -0.05) is 18.2 Å². The highest BCUT2D eigenvalue weighted by molar-refractivity contribution is 6.00. The van der Waals surface area contributed by atoms with Crippen molar-refractivity contribution in [3.8, 4) is 5.75 Å². The molecule has 0 saturated heterocycles. The molecule has 0 radical (unpaired) electrons. The summed E-state index contributed by atoms with van der Waals surface area (Å²) in [6.45, 7) is 8.28. The third-order valence-electron chi connectivity index (χ3n) is 6.46. The van der Waals surface area contributed by atoms with Crippen molar-refractivity contribution in [2.75, 3.05) is 13.7 Å². The fourth-order valence-electron chi connectivity index (χ4n) is 4.35. The summed E-state index contributed by atoms with van der Waals surface area (Å²) in [6.07, 6.45) is 1.21. The molecule has 172 valence electrons. The summed E-state index contributed by atoms with van der Waals surface area (Å²) in [5.41, 5.74) is 5.23. The van der Waals surface area contributed by atoms with E-state index in [1.165, 1.54) is 0 Å². The highest BCUT2D eigenvalue weighted by Gasteiger charge is 2.19. The van der Waals surface area contributed by atoms with Gasteiger partial charge in [0.1, 0.15) is 22.7 Å². The lowest BCUT2D eigenvalue weighted by atomic mass is 9.98. The second-order valence-electron chi connectivity index (χ2n) is 8.44. The predicted molar refractivity (Wildman–Crippen MR) is 129 cm³/mol. The normalized spacial score (nSPS) is 11.3. The first kappa shape index (κ1) is 22.6. The minimum atomic E-state index is -0.399. The number of rotatable bonds is 7. The van der Waals surface area contributed by atoms with Gasteiger partial charge in [0.2, 0.25) is 5.91 Å². The number of hydrogen-bond acceptors (Lipinski definition) is 5. The molecular formula is C27H29NO5. The lowest BCUT2D eigenvalue weighted by Crippen LogP contribution is -2.26. The van der Waals surface area contributed by atoms with Gasteiger partial charge in [0.15, 0.2) is 0 Å². The first-order valence-electron chi connectivity index (χ1n) is 11.2. The number of nitrogens with one attached hydrogen (secondary N) is 1. The number of fused-ring (bicyclic) bond motifs is 2. The van der Waals surface area contributed by atoms with Crippen molar-refractivity contribution >= 4 is 27.8 Å². The van der Waals surface area contributed by atoms with Crippen LogP contribution in [-0.2, 0) is 17.6 Å². The Labute approximate surface area is 192 Å². The smallest absolute Gasteiger partial charge is 0.339 e. The predicted octanol–water partition coefficient (Wildman–Crippen LogP) is 5.07. The quantitative estimate of drug-likeness (QED) is 0.400. The highest BCUT2D eigenvalue weighted by Crippen LogP contribution is 2.34. The molecule has 1 amide bonds. The summed E-state index contributed by atoms with van der Waals surface area (Å²) < 4.78 is 16.9. The van der Waals surface area contributed by atoms with E-state index in [1.807, 2.05) is 58.0 Å². The van der Waals surface area contributed by atoms with E-state index in [2.05, 4.69) is 5.32 Å². The van der Waals surface area contributed by atoms with Crippen LogP contribution in [0.4, 0.5) is 0 Å². The molecule has 6 heteroatoms. The van der Waals surface area contributed by atoms with Crippen LogP contribution in [0.2, 0.25) is 0 Å². The van der Waals surface area contributed by atoms with E-state index < -0.39 is 5.63 Å². The van der Waals surface area contributed by atoms with Crippen LogP contribution in [0, 0.1) is 27.7 Å². The molecule has 4 aromatic rings. The fourth-order valence-corrected chi connectivity index (χ4v) is 4.35. The Kier molecular flexibility index (Phi) is 6.27. The van der Waals surface area contributed by atoms with Crippen molar-refractivity contribution in [2.45, 2.75) is 47.0 Å². The Morgan fingerprint density at radius 1 is 0.939 bits per heavy atom. The van der Waals surface area contributed by atoms with Gasteiger partial charge in [0, 0.05) is 34.9 Å². The van der Waals surface area contributed by atoms with Crippen LogP contribution in [-0.4, -0.2) is 19.6 Å². The molecule has 0 aliphatic rings. The number of ether oxygens (including phenoxy) is 1. The van der Waals surface area contributed by atoms with Gasteiger partial charge in [0.05, 0.1) is 7.11 Å². The lowest BCUT2D eigenvalue weighted by molar-refractivity contribution is -0.121. The largest absolute Gasteiger partial charge is 0.496 e. The number of aryl methyl sites for hydroxylation is 4. The van der Waals surface area contributed by atoms with Gasteiger partial charge < -0.3 is 18.9 Å². The van der Waals surface area contributed by atoms with Gasteiger partial charge in [-0.15, -0.1) is 0 Å². The molecule has 0 saturated carbocycles. The second kappa shape index (κ2) is 9.14. The van der Waals surface area contributed by atoms with Crippen molar-refractivity contribution in [3.05, 3.63) is 74.3 Å². The summed E-state index contributed by atoms with van der Waals surface area (Å²) in [4.78, 5) is 25.2. The Hall–Kier alpha value is -3.54. The summed E-state index contributed by atoms with van der Waals surface area (Å²) in [5.74, 6) is 1.56. The minimum absolute atomic E-state index is 0.100. The maximum atomic E-state index is 12.8. The zero-order chi connectivity index (χ0) is 23.7. The van der Waals surface area contributed by atoms with Gasteiger partial charge in [-0.3, -0.25) is 4.79 Å². The molecule has 2 heterocycles.